The van der Waals surface area contributed by atoms with E-state index in [0.717, 1.165) is 59.1 Å². The van der Waals surface area contributed by atoms with Crippen molar-refractivity contribution < 1.29 is 14.2 Å². The van der Waals surface area contributed by atoms with Crippen LogP contribution in [0.5, 0.6) is 17.2 Å². The van der Waals surface area contributed by atoms with E-state index in [4.69, 9.17) is 19.2 Å². The zero-order valence-corrected chi connectivity index (χ0v) is 22.7. The van der Waals surface area contributed by atoms with E-state index in [9.17, 15) is 0 Å². The minimum absolute atomic E-state index is 0.396. The Morgan fingerprint density at radius 1 is 0.919 bits per heavy atom. The molecule has 0 bridgehead atoms. The zero-order chi connectivity index (χ0) is 26.2. The Morgan fingerprint density at radius 2 is 1.76 bits per heavy atom. The van der Waals surface area contributed by atoms with Crippen molar-refractivity contribution in [3.63, 3.8) is 0 Å². The SMILES string of the molecule is C/C=C/c1ccc(OCCCCn2c(COc3cc(C)ccc3C(C)C)nc3ccccc32)c(OC)c1. The van der Waals surface area contributed by atoms with Crippen LogP contribution in [0.3, 0.4) is 0 Å². The van der Waals surface area contributed by atoms with Gasteiger partial charge in [-0.05, 0) is 79.6 Å². The van der Waals surface area contributed by atoms with Crippen LogP contribution in [-0.2, 0) is 13.2 Å². The van der Waals surface area contributed by atoms with E-state index >= 15 is 0 Å². The van der Waals surface area contributed by atoms with Gasteiger partial charge in [-0.25, -0.2) is 4.98 Å². The molecule has 1 aromatic heterocycles. The first kappa shape index (κ1) is 26.3. The van der Waals surface area contributed by atoms with Crippen LogP contribution >= 0.6 is 0 Å². The highest BCUT2D eigenvalue weighted by Gasteiger charge is 2.14. The molecule has 0 amide bonds. The maximum atomic E-state index is 6.35. The van der Waals surface area contributed by atoms with Gasteiger partial charge >= 0.3 is 0 Å². The van der Waals surface area contributed by atoms with Crippen LogP contribution in [0.4, 0.5) is 0 Å². The van der Waals surface area contributed by atoms with Gasteiger partial charge in [0.1, 0.15) is 18.2 Å². The summed E-state index contributed by atoms with van der Waals surface area (Å²) in [7, 11) is 1.68. The molecule has 37 heavy (non-hydrogen) atoms. The predicted molar refractivity (Wildman–Crippen MR) is 152 cm³/mol. The number of hydrogen-bond donors (Lipinski definition) is 0. The Bertz CT molecular complexity index is 1350. The van der Waals surface area contributed by atoms with Gasteiger partial charge in [0.05, 0.1) is 24.8 Å². The maximum absolute atomic E-state index is 6.35. The van der Waals surface area contributed by atoms with Crippen LogP contribution in [0.2, 0.25) is 0 Å². The molecular formula is C32H38N2O3. The highest BCUT2D eigenvalue weighted by Crippen LogP contribution is 2.30. The van der Waals surface area contributed by atoms with Crippen molar-refractivity contribution >= 4 is 17.1 Å². The van der Waals surface area contributed by atoms with Crippen molar-refractivity contribution in [1.82, 2.24) is 9.55 Å². The van der Waals surface area contributed by atoms with E-state index in [2.05, 4.69) is 61.7 Å². The fourth-order valence-corrected chi connectivity index (χ4v) is 4.52. The van der Waals surface area contributed by atoms with E-state index in [1.165, 1.54) is 11.1 Å². The second kappa shape index (κ2) is 12.5. The molecule has 0 radical (unpaired) electrons. The standard InChI is InChI=1S/C32H38N2O3/c1-6-11-25-15-17-29(31(21-25)35-5)36-19-10-9-18-34-28-13-8-7-12-27(28)33-32(34)22-37-30-20-24(4)14-16-26(30)23(2)3/h6-8,11-17,20-21,23H,9-10,18-19,22H2,1-5H3/b11-6+. The number of rotatable bonds is 12. The maximum Gasteiger partial charge on any atom is 0.161 e. The first-order valence-electron chi connectivity index (χ1n) is 13.1. The summed E-state index contributed by atoms with van der Waals surface area (Å²) >= 11 is 0. The number of para-hydroxylation sites is 2. The minimum Gasteiger partial charge on any atom is -0.493 e. The number of ether oxygens (including phenoxy) is 3. The van der Waals surface area contributed by atoms with Crippen molar-refractivity contribution in [2.75, 3.05) is 13.7 Å². The average molecular weight is 499 g/mol. The summed E-state index contributed by atoms with van der Waals surface area (Å²) in [4.78, 5) is 4.90. The summed E-state index contributed by atoms with van der Waals surface area (Å²) in [5.41, 5.74) is 5.65. The van der Waals surface area contributed by atoms with Crippen molar-refractivity contribution in [2.24, 2.45) is 0 Å². The molecule has 5 nitrogen and oxygen atoms in total. The van der Waals surface area contributed by atoms with Gasteiger partial charge in [0, 0.05) is 6.54 Å². The Labute approximate surface area is 220 Å². The number of benzene rings is 3. The summed E-state index contributed by atoms with van der Waals surface area (Å²) in [5, 5.41) is 0. The van der Waals surface area contributed by atoms with Gasteiger partial charge in [-0.2, -0.15) is 0 Å². The third-order valence-electron chi connectivity index (χ3n) is 6.46. The summed E-state index contributed by atoms with van der Waals surface area (Å²) < 4.78 is 20.2. The molecular weight excluding hydrogens is 460 g/mol. The van der Waals surface area contributed by atoms with E-state index in [-0.39, 0.29) is 0 Å². The van der Waals surface area contributed by atoms with E-state index < -0.39 is 0 Å². The van der Waals surface area contributed by atoms with Gasteiger partial charge in [0.15, 0.2) is 11.5 Å². The van der Waals surface area contributed by atoms with Crippen molar-refractivity contribution in [3.8, 4) is 17.2 Å². The molecule has 0 spiro atoms. The molecule has 3 aromatic carbocycles. The number of allylic oxidation sites excluding steroid dienone is 1. The molecule has 1 heterocycles. The molecule has 0 aliphatic carbocycles. The Morgan fingerprint density at radius 3 is 2.54 bits per heavy atom. The molecule has 0 N–H and O–H groups in total. The molecule has 5 heteroatoms. The smallest absolute Gasteiger partial charge is 0.161 e. The molecule has 0 saturated carbocycles. The van der Waals surface area contributed by atoms with Crippen LogP contribution in [0, 0.1) is 6.92 Å². The summed E-state index contributed by atoms with van der Waals surface area (Å²) in [6.45, 7) is 10.4. The van der Waals surface area contributed by atoms with E-state index in [1.54, 1.807) is 7.11 Å². The van der Waals surface area contributed by atoms with Crippen molar-refractivity contribution in [2.45, 2.75) is 59.6 Å². The lowest BCUT2D eigenvalue weighted by atomic mass is 10.0. The van der Waals surface area contributed by atoms with Crippen LogP contribution in [0.25, 0.3) is 17.1 Å². The number of fused-ring (bicyclic) bond motifs is 1. The van der Waals surface area contributed by atoms with E-state index in [1.807, 2.05) is 43.3 Å². The fourth-order valence-electron chi connectivity index (χ4n) is 4.52. The second-order valence-corrected chi connectivity index (χ2v) is 9.62. The van der Waals surface area contributed by atoms with Crippen LogP contribution < -0.4 is 14.2 Å². The quantitative estimate of drug-likeness (QED) is 0.186. The first-order valence-corrected chi connectivity index (χ1v) is 13.1. The molecule has 4 rings (SSSR count). The second-order valence-electron chi connectivity index (χ2n) is 9.62. The molecule has 0 fully saturated rings. The lowest BCUT2D eigenvalue weighted by molar-refractivity contribution is 0.276. The fraction of sp³-hybridized carbons (Fsp3) is 0.344. The number of aromatic nitrogens is 2. The van der Waals surface area contributed by atoms with Gasteiger partial charge in [-0.1, -0.05) is 56.3 Å². The number of hydrogen-bond acceptors (Lipinski definition) is 4. The van der Waals surface area contributed by atoms with Gasteiger partial charge in [-0.3, -0.25) is 0 Å². The predicted octanol–water partition coefficient (Wildman–Crippen LogP) is 7.95. The molecule has 0 aliphatic heterocycles. The molecule has 0 aliphatic rings. The topological polar surface area (TPSA) is 45.5 Å². The highest BCUT2D eigenvalue weighted by atomic mass is 16.5. The lowest BCUT2D eigenvalue weighted by Crippen LogP contribution is -2.10. The number of methoxy groups -OCH3 is 1. The first-order chi connectivity index (χ1) is 18.0. The Hall–Kier alpha value is -3.73. The molecule has 0 unspecified atom stereocenters. The summed E-state index contributed by atoms with van der Waals surface area (Å²) in [5.74, 6) is 3.81. The van der Waals surface area contributed by atoms with Crippen molar-refractivity contribution in [3.05, 3.63) is 89.3 Å². The molecule has 0 saturated heterocycles. The van der Waals surface area contributed by atoms with Crippen molar-refractivity contribution in [1.29, 1.82) is 0 Å². The van der Waals surface area contributed by atoms with Gasteiger partial charge in [0.25, 0.3) is 0 Å². The van der Waals surface area contributed by atoms with Crippen LogP contribution in [0.15, 0.2) is 66.7 Å². The number of unbranched alkanes of at least 4 members (excludes halogenated alkanes) is 1. The zero-order valence-electron chi connectivity index (χ0n) is 22.7. The lowest BCUT2D eigenvalue weighted by Gasteiger charge is -2.16. The monoisotopic (exact) mass is 498 g/mol. The summed E-state index contributed by atoms with van der Waals surface area (Å²) in [6.07, 6.45) is 5.94. The normalized spacial score (nSPS) is 11.5. The van der Waals surface area contributed by atoms with Crippen LogP contribution in [0.1, 0.15) is 62.0 Å². The molecule has 194 valence electrons. The van der Waals surface area contributed by atoms with E-state index in [0.29, 0.717) is 19.1 Å². The summed E-state index contributed by atoms with van der Waals surface area (Å²) in [6, 6.07) is 20.7. The number of aryl methyl sites for hydroxylation is 2. The van der Waals surface area contributed by atoms with Gasteiger partial charge < -0.3 is 18.8 Å². The molecule has 0 atom stereocenters. The minimum atomic E-state index is 0.396. The molecule has 4 aromatic rings. The van der Waals surface area contributed by atoms with Gasteiger partial charge in [0.2, 0.25) is 0 Å². The number of nitrogens with zero attached hydrogens (tertiary/aromatic N) is 2. The van der Waals surface area contributed by atoms with Crippen LogP contribution in [-0.4, -0.2) is 23.3 Å². The number of imidazole rings is 1. The Balaban J connectivity index is 1.41. The highest BCUT2D eigenvalue weighted by molar-refractivity contribution is 5.75. The third-order valence-corrected chi connectivity index (χ3v) is 6.46. The Kier molecular flexibility index (Phi) is 8.89. The average Bonchev–Trinajstić information content (AvgIpc) is 3.25. The van der Waals surface area contributed by atoms with Gasteiger partial charge in [-0.15, -0.1) is 0 Å². The third kappa shape index (κ3) is 6.53. The largest absolute Gasteiger partial charge is 0.493 e.